The Morgan fingerprint density at radius 3 is 2.83 bits per heavy atom. The summed E-state index contributed by atoms with van der Waals surface area (Å²) in [5, 5.41) is 7.55. The first kappa shape index (κ1) is 13.7. The number of anilines is 1. The molecular weight excluding hydrogens is 321 g/mol. The van der Waals surface area contributed by atoms with Gasteiger partial charge >= 0.3 is 0 Å². The smallest absolute Gasteiger partial charge is 0.272 e. The molecule has 4 rings (SSSR count). The third kappa shape index (κ3) is 1.97. The Labute approximate surface area is 133 Å². The molecule has 0 amide bonds. The number of fused-ring (bicyclic) bond motifs is 2. The Morgan fingerprint density at radius 1 is 1.17 bits per heavy atom. The Kier molecular flexibility index (Phi) is 2.85. The zero-order valence-electron chi connectivity index (χ0n) is 11.5. The molecule has 0 aliphatic heterocycles. The second-order valence-electron chi connectivity index (χ2n) is 5.05. The van der Waals surface area contributed by atoms with Crippen LogP contribution in [0.2, 0.25) is 5.02 Å². The van der Waals surface area contributed by atoms with Gasteiger partial charge in [-0.3, -0.25) is 14.9 Å². The van der Waals surface area contributed by atoms with Crippen molar-refractivity contribution in [3.8, 4) is 11.1 Å². The van der Waals surface area contributed by atoms with E-state index in [4.69, 9.17) is 17.3 Å². The summed E-state index contributed by atoms with van der Waals surface area (Å²) in [5.74, 6) is -0.519. The number of hydrogen-bond acceptors (Lipinski definition) is 4. The van der Waals surface area contributed by atoms with E-state index in [1.807, 2.05) is 0 Å². The highest BCUT2D eigenvalue weighted by Crippen LogP contribution is 2.36. The highest BCUT2D eigenvalue weighted by molar-refractivity contribution is 6.31. The molecule has 8 heteroatoms. The molecule has 4 aromatic rings. The van der Waals surface area contributed by atoms with Gasteiger partial charge in [-0.2, -0.15) is 5.10 Å². The van der Waals surface area contributed by atoms with Gasteiger partial charge in [0.2, 0.25) is 0 Å². The lowest BCUT2D eigenvalue weighted by Gasteiger charge is -2.11. The van der Waals surface area contributed by atoms with E-state index in [1.54, 1.807) is 12.1 Å². The molecule has 0 unspecified atom stereocenters. The average molecular weight is 330 g/mol. The zero-order valence-corrected chi connectivity index (χ0v) is 12.3. The second-order valence-corrected chi connectivity index (χ2v) is 5.48. The summed E-state index contributed by atoms with van der Waals surface area (Å²) in [4.78, 5) is 18.9. The number of aromatic nitrogens is 4. The SMILES string of the molecule is Nc1c(-c2c(F)ccc3[nH]ncc23)c2ncc(Cl)cc2[nH]c1=O. The Morgan fingerprint density at radius 2 is 2.00 bits per heavy atom. The number of H-pyrrole nitrogens is 2. The predicted molar refractivity (Wildman–Crippen MR) is 86.8 cm³/mol. The average Bonchev–Trinajstić information content (AvgIpc) is 2.98. The molecule has 3 aromatic heterocycles. The van der Waals surface area contributed by atoms with Crippen molar-refractivity contribution in [3.63, 3.8) is 0 Å². The number of halogens is 2. The Hall–Kier alpha value is -2.93. The highest BCUT2D eigenvalue weighted by Gasteiger charge is 2.20. The lowest BCUT2D eigenvalue weighted by atomic mass is 9.99. The molecule has 0 saturated carbocycles. The van der Waals surface area contributed by atoms with Gasteiger partial charge in [0.05, 0.1) is 27.8 Å². The van der Waals surface area contributed by atoms with Crippen LogP contribution in [0.1, 0.15) is 0 Å². The van der Waals surface area contributed by atoms with Crippen LogP contribution < -0.4 is 11.3 Å². The minimum atomic E-state index is -0.531. The van der Waals surface area contributed by atoms with E-state index in [2.05, 4.69) is 20.2 Å². The number of hydrogen-bond donors (Lipinski definition) is 3. The van der Waals surface area contributed by atoms with Gasteiger partial charge in [0, 0.05) is 22.7 Å². The van der Waals surface area contributed by atoms with Crippen molar-refractivity contribution in [1.82, 2.24) is 20.2 Å². The lowest BCUT2D eigenvalue weighted by molar-refractivity contribution is 0.633. The summed E-state index contributed by atoms with van der Waals surface area (Å²) < 4.78 is 14.5. The number of benzene rings is 1. The highest BCUT2D eigenvalue weighted by atomic mass is 35.5. The van der Waals surface area contributed by atoms with Crippen LogP contribution in [-0.4, -0.2) is 20.2 Å². The van der Waals surface area contributed by atoms with Crippen molar-refractivity contribution in [3.05, 3.63) is 51.8 Å². The molecule has 0 saturated heterocycles. The van der Waals surface area contributed by atoms with Crippen molar-refractivity contribution in [2.45, 2.75) is 0 Å². The van der Waals surface area contributed by atoms with Gasteiger partial charge in [0.15, 0.2) is 0 Å². The number of rotatable bonds is 1. The van der Waals surface area contributed by atoms with Gasteiger partial charge in [-0.1, -0.05) is 11.6 Å². The molecule has 0 aliphatic carbocycles. The summed E-state index contributed by atoms with van der Waals surface area (Å²) in [5.41, 5.74) is 7.07. The number of nitrogens with zero attached hydrogens (tertiary/aromatic N) is 2. The van der Waals surface area contributed by atoms with Crippen molar-refractivity contribution in [1.29, 1.82) is 0 Å². The fraction of sp³-hybridized carbons (Fsp3) is 0. The van der Waals surface area contributed by atoms with Gasteiger partial charge in [-0.05, 0) is 18.2 Å². The molecule has 23 heavy (non-hydrogen) atoms. The molecule has 0 atom stereocenters. The first-order chi connectivity index (χ1) is 11.1. The van der Waals surface area contributed by atoms with Crippen LogP contribution in [0.3, 0.4) is 0 Å². The third-order valence-corrected chi connectivity index (χ3v) is 3.88. The predicted octanol–water partition coefficient (Wildman–Crippen LogP) is 2.84. The van der Waals surface area contributed by atoms with Gasteiger partial charge in [-0.25, -0.2) is 4.39 Å². The third-order valence-electron chi connectivity index (χ3n) is 3.68. The van der Waals surface area contributed by atoms with Crippen LogP contribution >= 0.6 is 11.6 Å². The largest absolute Gasteiger partial charge is 0.394 e. The number of pyridine rings is 2. The Balaban J connectivity index is 2.24. The monoisotopic (exact) mass is 329 g/mol. The molecule has 1 aromatic carbocycles. The first-order valence-corrected chi connectivity index (χ1v) is 7.03. The molecular formula is C15H9ClFN5O. The van der Waals surface area contributed by atoms with E-state index in [-0.39, 0.29) is 16.8 Å². The molecule has 0 radical (unpaired) electrons. The van der Waals surface area contributed by atoms with E-state index >= 15 is 0 Å². The van der Waals surface area contributed by atoms with Crippen LogP contribution in [0.4, 0.5) is 10.1 Å². The molecule has 3 heterocycles. The summed E-state index contributed by atoms with van der Waals surface area (Å²) in [6.45, 7) is 0. The minimum absolute atomic E-state index is 0.111. The first-order valence-electron chi connectivity index (χ1n) is 6.65. The summed E-state index contributed by atoms with van der Waals surface area (Å²) >= 11 is 5.91. The molecule has 4 N–H and O–H groups in total. The molecule has 0 bridgehead atoms. The minimum Gasteiger partial charge on any atom is -0.394 e. The van der Waals surface area contributed by atoms with E-state index in [1.165, 1.54) is 18.5 Å². The zero-order chi connectivity index (χ0) is 16.1. The molecule has 0 fully saturated rings. The maximum Gasteiger partial charge on any atom is 0.272 e. The van der Waals surface area contributed by atoms with Crippen LogP contribution in [0.5, 0.6) is 0 Å². The van der Waals surface area contributed by atoms with Gasteiger partial charge < -0.3 is 10.7 Å². The summed E-state index contributed by atoms with van der Waals surface area (Å²) in [6.07, 6.45) is 2.90. The number of nitrogens with two attached hydrogens (primary N) is 1. The van der Waals surface area contributed by atoms with Crippen molar-refractivity contribution >= 4 is 39.2 Å². The fourth-order valence-electron chi connectivity index (χ4n) is 2.66. The number of nitrogen functional groups attached to an aromatic ring is 1. The maximum atomic E-state index is 14.5. The van der Waals surface area contributed by atoms with Crippen molar-refractivity contribution in [2.75, 3.05) is 5.73 Å². The molecule has 0 spiro atoms. The quantitative estimate of drug-likeness (QED) is 0.500. The van der Waals surface area contributed by atoms with E-state index in [9.17, 15) is 9.18 Å². The Bertz CT molecular complexity index is 1130. The summed E-state index contributed by atoms with van der Waals surface area (Å²) in [6, 6.07) is 4.40. The normalized spacial score (nSPS) is 11.4. The van der Waals surface area contributed by atoms with Crippen LogP contribution in [0, 0.1) is 5.82 Å². The second kappa shape index (κ2) is 4.79. The summed E-state index contributed by atoms with van der Waals surface area (Å²) in [7, 11) is 0. The van der Waals surface area contributed by atoms with Gasteiger partial charge in [0.25, 0.3) is 5.56 Å². The molecule has 6 nitrogen and oxygen atoms in total. The number of nitrogens with one attached hydrogen (secondary N) is 2. The van der Waals surface area contributed by atoms with Crippen LogP contribution in [-0.2, 0) is 0 Å². The van der Waals surface area contributed by atoms with E-state index in [0.29, 0.717) is 27.0 Å². The topological polar surface area (TPSA) is 100 Å². The maximum absolute atomic E-state index is 14.5. The van der Waals surface area contributed by atoms with Crippen LogP contribution in [0.25, 0.3) is 33.1 Å². The molecule has 0 aliphatic rings. The standard InChI is InChI=1S/C15H9ClFN5O/c16-6-3-10-14(19-4-6)12(13(18)15(23)21-10)11-7-5-20-22-9(7)2-1-8(11)17/h1-5H,18H2,(H,20,22)(H,21,23). The van der Waals surface area contributed by atoms with E-state index in [0.717, 1.165) is 0 Å². The van der Waals surface area contributed by atoms with Crippen LogP contribution in [0.15, 0.2) is 35.4 Å². The van der Waals surface area contributed by atoms with E-state index < -0.39 is 11.4 Å². The van der Waals surface area contributed by atoms with Gasteiger partial charge in [-0.15, -0.1) is 0 Å². The lowest BCUT2D eigenvalue weighted by Crippen LogP contribution is -2.14. The molecule has 114 valence electrons. The fourth-order valence-corrected chi connectivity index (χ4v) is 2.82. The van der Waals surface area contributed by atoms with Crippen molar-refractivity contribution in [2.24, 2.45) is 0 Å². The number of aromatic amines is 2. The van der Waals surface area contributed by atoms with Crippen molar-refractivity contribution < 1.29 is 4.39 Å². The van der Waals surface area contributed by atoms with Gasteiger partial charge in [0.1, 0.15) is 11.5 Å².